The van der Waals surface area contributed by atoms with Crippen molar-refractivity contribution in [3.05, 3.63) is 71.4 Å². The first-order valence-electron chi connectivity index (χ1n) is 8.38. The number of anilines is 1. The van der Waals surface area contributed by atoms with E-state index in [-0.39, 0.29) is 7.21 Å². The fraction of sp³-hybridized carbons (Fsp3) is 0.190. The van der Waals surface area contributed by atoms with Gasteiger partial charge in [-0.3, -0.25) is 4.79 Å². The smallest absolute Gasteiger partial charge is 0.187 e. The van der Waals surface area contributed by atoms with E-state index < -0.39 is 0 Å². The van der Waals surface area contributed by atoms with Crippen LogP contribution in [0.25, 0.3) is 6.08 Å². The van der Waals surface area contributed by atoms with E-state index in [2.05, 4.69) is 16.9 Å². The SMILES string of the molecule is C=Cc1c(C(=O)/C=C\CC)cnc(NCc2ccc(OC)cc2)c1C=N.[HH]. The maximum absolute atomic E-state index is 12.3. The summed E-state index contributed by atoms with van der Waals surface area (Å²) in [6.45, 7) is 6.30. The highest BCUT2D eigenvalue weighted by atomic mass is 16.5. The van der Waals surface area contributed by atoms with Crippen molar-refractivity contribution in [1.82, 2.24) is 4.98 Å². The van der Waals surface area contributed by atoms with E-state index in [0.717, 1.165) is 17.7 Å². The van der Waals surface area contributed by atoms with Crippen molar-refractivity contribution in [3.8, 4) is 5.75 Å². The van der Waals surface area contributed by atoms with Crippen molar-refractivity contribution in [3.63, 3.8) is 0 Å². The van der Waals surface area contributed by atoms with Crippen LogP contribution in [-0.2, 0) is 6.54 Å². The van der Waals surface area contributed by atoms with E-state index in [1.807, 2.05) is 31.2 Å². The summed E-state index contributed by atoms with van der Waals surface area (Å²) >= 11 is 0. The Morgan fingerprint density at radius 3 is 2.65 bits per heavy atom. The van der Waals surface area contributed by atoms with E-state index >= 15 is 0 Å². The third-order valence-corrected chi connectivity index (χ3v) is 3.90. The first-order chi connectivity index (χ1) is 12.6. The average molecular weight is 351 g/mol. The molecule has 0 spiro atoms. The van der Waals surface area contributed by atoms with Crippen molar-refractivity contribution in [2.75, 3.05) is 12.4 Å². The van der Waals surface area contributed by atoms with Crippen LogP contribution in [0.4, 0.5) is 5.82 Å². The Balaban J connectivity index is 0.00000364. The highest BCUT2D eigenvalue weighted by molar-refractivity contribution is 6.09. The van der Waals surface area contributed by atoms with Crippen LogP contribution in [0.15, 0.2) is 49.2 Å². The zero-order valence-electron chi connectivity index (χ0n) is 15.1. The molecular weight excluding hydrogens is 326 g/mol. The topological polar surface area (TPSA) is 75.1 Å². The Morgan fingerprint density at radius 2 is 2.08 bits per heavy atom. The molecule has 0 bridgehead atoms. The Labute approximate surface area is 155 Å². The number of ketones is 1. The van der Waals surface area contributed by atoms with Gasteiger partial charge in [0.1, 0.15) is 11.6 Å². The maximum Gasteiger partial charge on any atom is 0.187 e. The summed E-state index contributed by atoms with van der Waals surface area (Å²) in [6.07, 6.45) is 8.43. The molecule has 0 aliphatic rings. The number of hydrogen-bond acceptors (Lipinski definition) is 5. The number of carbonyl (C=O) groups is 1. The first-order valence-corrected chi connectivity index (χ1v) is 8.38. The lowest BCUT2D eigenvalue weighted by molar-refractivity contribution is 0.104. The summed E-state index contributed by atoms with van der Waals surface area (Å²) < 4.78 is 5.15. The van der Waals surface area contributed by atoms with Gasteiger partial charge in [-0.1, -0.05) is 37.8 Å². The number of allylic oxidation sites excluding steroid dienone is 2. The van der Waals surface area contributed by atoms with E-state index in [1.54, 1.807) is 19.3 Å². The van der Waals surface area contributed by atoms with Crippen LogP contribution in [-0.4, -0.2) is 24.1 Å². The Bertz CT molecular complexity index is 830. The molecule has 0 aliphatic carbocycles. The molecule has 0 radical (unpaired) electrons. The highest BCUT2D eigenvalue weighted by Gasteiger charge is 2.15. The van der Waals surface area contributed by atoms with Crippen LogP contribution in [0.5, 0.6) is 5.75 Å². The molecule has 0 fully saturated rings. The van der Waals surface area contributed by atoms with Gasteiger partial charge < -0.3 is 15.5 Å². The summed E-state index contributed by atoms with van der Waals surface area (Å²) in [6, 6.07) is 7.69. The summed E-state index contributed by atoms with van der Waals surface area (Å²) in [5.74, 6) is 1.20. The van der Waals surface area contributed by atoms with Gasteiger partial charge in [-0.05, 0) is 35.8 Å². The summed E-state index contributed by atoms with van der Waals surface area (Å²) in [5.41, 5.74) is 2.65. The fourth-order valence-electron chi connectivity index (χ4n) is 2.49. The summed E-state index contributed by atoms with van der Waals surface area (Å²) in [5, 5.41) is 11.0. The first kappa shape index (κ1) is 19.1. The van der Waals surface area contributed by atoms with E-state index in [4.69, 9.17) is 10.1 Å². The second-order valence-electron chi connectivity index (χ2n) is 5.57. The Morgan fingerprint density at radius 1 is 1.35 bits per heavy atom. The van der Waals surface area contributed by atoms with Gasteiger partial charge in [0.25, 0.3) is 0 Å². The molecule has 1 aromatic carbocycles. The average Bonchev–Trinajstić information content (AvgIpc) is 2.69. The number of nitrogens with one attached hydrogen (secondary N) is 2. The minimum Gasteiger partial charge on any atom is -0.497 e. The Kier molecular flexibility index (Phi) is 6.85. The second-order valence-corrected chi connectivity index (χ2v) is 5.57. The third kappa shape index (κ3) is 4.45. The molecule has 2 rings (SSSR count). The molecule has 5 heteroatoms. The third-order valence-electron chi connectivity index (χ3n) is 3.90. The zero-order chi connectivity index (χ0) is 18.9. The molecule has 26 heavy (non-hydrogen) atoms. The number of pyridine rings is 1. The maximum atomic E-state index is 12.3. The predicted octanol–water partition coefficient (Wildman–Crippen LogP) is 4.74. The quantitative estimate of drug-likeness (QED) is 0.389. The molecule has 0 aliphatic heterocycles. The lowest BCUT2D eigenvalue weighted by Crippen LogP contribution is -2.09. The van der Waals surface area contributed by atoms with Crippen molar-refractivity contribution in [2.24, 2.45) is 0 Å². The number of nitrogens with zero attached hydrogens (tertiary/aromatic N) is 1. The van der Waals surface area contributed by atoms with Crippen molar-refractivity contribution < 1.29 is 11.0 Å². The van der Waals surface area contributed by atoms with Crippen LogP contribution in [0.2, 0.25) is 0 Å². The molecule has 1 heterocycles. The summed E-state index contributed by atoms with van der Waals surface area (Å²) in [7, 11) is 1.63. The van der Waals surface area contributed by atoms with Gasteiger partial charge in [0, 0.05) is 31.5 Å². The van der Waals surface area contributed by atoms with E-state index in [9.17, 15) is 4.79 Å². The number of aromatic nitrogens is 1. The molecule has 5 nitrogen and oxygen atoms in total. The number of hydrogen-bond donors (Lipinski definition) is 2. The van der Waals surface area contributed by atoms with Crippen LogP contribution in [0, 0.1) is 5.41 Å². The minimum atomic E-state index is -0.140. The van der Waals surface area contributed by atoms with E-state index in [0.29, 0.717) is 29.1 Å². The van der Waals surface area contributed by atoms with Crippen LogP contribution < -0.4 is 10.1 Å². The van der Waals surface area contributed by atoms with Gasteiger partial charge in [-0.25, -0.2) is 4.98 Å². The van der Waals surface area contributed by atoms with Crippen LogP contribution in [0.1, 0.15) is 41.8 Å². The van der Waals surface area contributed by atoms with Crippen LogP contribution in [0.3, 0.4) is 0 Å². The van der Waals surface area contributed by atoms with Gasteiger partial charge in [0.05, 0.1) is 7.11 Å². The molecule has 0 amide bonds. The molecule has 2 aromatic rings. The van der Waals surface area contributed by atoms with Gasteiger partial charge in [-0.15, -0.1) is 0 Å². The number of ether oxygens (including phenoxy) is 1. The van der Waals surface area contributed by atoms with Gasteiger partial charge >= 0.3 is 0 Å². The van der Waals surface area contributed by atoms with Crippen molar-refractivity contribution >= 4 is 23.9 Å². The zero-order valence-corrected chi connectivity index (χ0v) is 15.1. The normalized spacial score (nSPS) is 10.5. The molecular formula is C21H25N3O2. The Hall–Kier alpha value is -3.21. The monoisotopic (exact) mass is 351 g/mol. The number of carbonyl (C=O) groups excluding carboxylic acids is 1. The molecule has 136 valence electrons. The number of rotatable bonds is 9. The largest absolute Gasteiger partial charge is 0.497 e. The van der Waals surface area contributed by atoms with Gasteiger partial charge in [0.2, 0.25) is 0 Å². The lowest BCUT2D eigenvalue weighted by Gasteiger charge is -2.13. The molecule has 0 atom stereocenters. The minimum absolute atomic E-state index is 0. The van der Waals surface area contributed by atoms with Gasteiger partial charge in [-0.2, -0.15) is 0 Å². The molecule has 0 unspecified atom stereocenters. The summed E-state index contributed by atoms with van der Waals surface area (Å²) in [4.78, 5) is 16.7. The van der Waals surface area contributed by atoms with Gasteiger partial charge in [0.15, 0.2) is 5.78 Å². The number of benzene rings is 1. The van der Waals surface area contributed by atoms with E-state index in [1.165, 1.54) is 18.5 Å². The predicted molar refractivity (Wildman–Crippen MR) is 108 cm³/mol. The lowest BCUT2D eigenvalue weighted by atomic mass is 10.00. The molecule has 0 saturated heterocycles. The van der Waals surface area contributed by atoms with Crippen LogP contribution >= 0.6 is 0 Å². The fourth-order valence-corrected chi connectivity index (χ4v) is 2.49. The van der Waals surface area contributed by atoms with Crippen molar-refractivity contribution in [2.45, 2.75) is 19.9 Å². The standard InChI is InChI=1S/C21H23N3O2.H2/c1-4-6-7-20(25)19-14-24-21(18(12-22)17(19)5-2)23-13-15-8-10-16(26-3)11-9-15;/h5-12,14,22H,2,4,13H2,1,3H3,(H,23,24);1H/b7-6-,22-12?;. The molecule has 1 aromatic heterocycles. The van der Waals surface area contributed by atoms with Crippen molar-refractivity contribution in [1.29, 1.82) is 5.41 Å². The molecule has 0 saturated carbocycles. The molecule has 2 N–H and O–H groups in total. The highest BCUT2D eigenvalue weighted by Crippen LogP contribution is 2.22. The number of methoxy groups -OCH3 is 1. The second kappa shape index (κ2) is 9.32.